The quantitative estimate of drug-likeness (QED) is 0.613. The maximum atomic E-state index is 12.4. The van der Waals surface area contributed by atoms with Crippen molar-refractivity contribution in [1.82, 2.24) is 19.1 Å². The zero-order chi connectivity index (χ0) is 19.4. The molecule has 0 radical (unpaired) electrons. The summed E-state index contributed by atoms with van der Waals surface area (Å²) in [5.41, 5.74) is 1.21. The van der Waals surface area contributed by atoms with Gasteiger partial charge >= 0.3 is 5.69 Å². The summed E-state index contributed by atoms with van der Waals surface area (Å²) in [5, 5.41) is 1.42. The molecular weight excluding hydrogens is 384 g/mol. The van der Waals surface area contributed by atoms with Crippen molar-refractivity contribution in [2.75, 3.05) is 5.75 Å². The monoisotopic (exact) mass is 404 g/mol. The number of imidazole rings is 1. The minimum Gasteiger partial charge on any atom is -0.313 e. The molecule has 0 saturated carbocycles. The molecule has 2 aromatic heterocycles. The largest absolute Gasteiger partial charge is 0.329 e. The van der Waals surface area contributed by atoms with Crippen LogP contribution in [-0.2, 0) is 20.0 Å². The van der Waals surface area contributed by atoms with Crippen LogP contribution in [0.25, 0.3) is 11.2 Å². The maximum Gasteiger partial charge on any atom is 0.329 e. The Morgan fingerprint density at radius 1 is 1.30 bits per heavy atom. The van der Waals surface area contributed by atoms with Crippen molar-refractivity contribution in [3.05, 3.63) is 67.8 Å². The van der Waals surface area contributed by atoms with Crippen LogP contribution in [0.2, 0.25) is 0 Å². The van der Waals surface area contributed by atoms with E-state index in [0.717, 1.165) is 12.8 Å². The van der Waals surface area contributed by atoms with Gasteiger partial charge in [-0.2, -0.15) is 0 Å². The van der Waals surface area contributed by atoms with Crippen LogP contribution >= 0.6 is 23.4 Å². The van der Waals surface area contributed by atoms with E-state index in [0.29, 0.717) is 33.7 Å². The first-order valence-electron chi connectivity index (χ1n) is 8.66. The molecular formula is C19H21ClN4O2S. The number of allylic oxidation sites excluding steroid dienone is 1. The lowest BCUT2D eigenvalue weighted by Crippen LogP contribution is -2.29. The van der Waals surface area contributed by atoms with Crippen molar-refractivity contribution < 1.29 is 0 Å². The predicted molar refractivity (Wildman–Crippen MR) is 111 cm³/mol. The number of hydrogen-bond donors (Lipinski definition) is 1. The molecule has 8 heteroatoms. The van der Waals surface area contributed by atoms with E-state index in [9.17, 15) is 9.59 Å². The van der Waals surface area contributed by atoms with Crippen molar-refractivity contribution in [2.24, 2.45) is 7.05 Å². The number of H-pyrrole nitrogens is 1. The van der Waals surface area contributed by atoms with Gasteiger partial charge in [0.25, 0.3) is 5.56 Å². The third-order valence-electron chi connectivity index (χ3n) is 4.24. The van der Waals surface area contributed by atoms with Crippen molar-refractivity contribution in [1.29, 1.82) is 0 Å². The topological polar surface area (TPSA) is 72.7 Å². The first-order valence-corrected chi connectivity index (χ1v) is 10.0. The Morgan fingerprint density at radius 2 is 2.04 bits per heavy atom. The van der Waals surface area contributed by atoms with Gasteiger partial charge in [0.1, 0.15) is 0 Å². The average Bonchev–Trinajstić information content (AvgIpc) is 3.00. The number of benzene rings is 1. The van der Waals surface area contributed by atoms with Crippen molar-refractivity contribution in [3.63, 3.8) is 0 Å². The highest BCUT2D eigenvalue weighted by molar-refractivity contribution is 7.99. The molecule has 0 unspecified atom stereocenters. The van der Waals surface area contributed by atoms with E-state index in [1.54, 1.807) is 7.05 Å². The van der Waals surface area contributed by atoms with Crippen LogP contribution < -0.4 is 11.2 Å². The summed E-state index contributed by atoms with van der Waals surface area (Å²) in [6.07, 6.45) is 3.65. The van der Waals surface area contributed by atoms with Crippen LogP contribution in [0.15, 0.2) is 56.2 Å². The van der Waals surface area contributed by atoms with Gasteiger partial charge in [-0.15, -0.1) is 0 Å². The van der Waals surface area contributed by atoms with Crippen LogP contribution in [0.1, 0.15) is 18.9 Å². The summed E-state index contributed by atoms with van der Waals surface area (Å²) in [4.78, 5) is 31.2. The minimum absolute atomic E-state index is 0.400. The van der Waals surface area contributed by atoms with Crippen molar-refractivity contribution in [2.45, 2.75) is 31.5 Å². The lowest BCUT2D eigenvalue weighted by atomic mass is 10.1. The second-order valence-corrected chi connectivity index (χ2v) is 7.81. The molecule has 0 fully saturated rings. The number of nitrogens with one attached hydrogen (secondary N) is 1. The number of aromatic amines is 1. The normalized spacial score (nSPS) is 12.0. The van der Waals surface area contributed by atoms with E-state index in [4.69, 9.17) is 11.6 Å². The molecule has 0 aliphatic heterocycles. The lowest BCUT2D eigenvalue weighted by molar-refractivity contribution is 0.608. The molecule has 27 heavy (non-hydrogen) atoms. The average molecular weight is 405 g/mol. The molecule has 0 saturated heterocycles. The Labute approximate surface area is 165 Å². The summed E-state index contributed by atoms with van der Waals surface area (Å²) in [5.74, 6) is 0.642. The van der Waals surface area contributed by atoms with Gasteiger partial charge in [-0.1, -0.05) is 59.8 Å². The summed E-state index contributed by atoms with van der Waals surface area (Å²) in [6.45, 7) is 2.46. The van der Waals surface area contributed by atoms with Crippen LogP contribution in [-0.4, -0.2) is 24.9 Å². The number of rotatable bonds is 7. The number of halogens is 1. The number of fused-ring (bicyclic) bond motifs is 1. The minimum atomic E-state index is -0.463. The number of hydrogen-bond acceptors (Lipinski definition) is 4. The summed E-state index contributed by atoms with van der Waals surface area (Å²) >= 11 is 7.40. The standard InChI is InChI=1S/C19H21ClN4O2S/c1-13(20)10-12-27-19-21-16-15(17(25)22-18(26)23(16)2)24(19)11-6-9-14-7-4-3-5-8-14/h3-5,7-8,10H,6,9,11-12H2,1-2H3,(H,22,25,26)/b13-10-. The van der Waals surface area contributed by atoms with Gasteiger partial charge in [0.15, 0.2) is 16.3 Å². The highest BCUT2D eigenvalue weighted by atomic mass is 35.5. The molecule has 3 aromatic rings. The molecule has 0 aliphatic rings. The highest BCUT2D eigenvalue weighted by Gasteiger charge is 2.17. The molecule has 142 valence electrons. The van der Waals surface area contributed by atoms with Gasteiger partial charge in [-0.05, 0) is 25.3 Å². The molecule has 0 atom stereocenters. The molecule has 0 amide bonds. The molecule has 3 rings (SSSR count). The van der Waals surface area contributed by atoms with E-state index >= 15 is 0 Å². The summed E-state index contributed by atoms with van der Waals surface area (Å²) in [6, 6.07) is 10.2. The fourth-order valence-corrected chi connectivity index (χ4v) is 3.99. The van der Waals surface area contributed by atoms with Gasteiger partial charge < -0.3 is 4.57 Å². The van der Waals surface area contributed by atoms with Crippen LogP contribution in [0.3, 0.4) is 0 Å². The van der Waals surface area contributed by atoms with Crippen LogP contribution in [0.5, 0.6) is 0 Å². The molecule has 0 aliphatic carbocycles. The van der Waals surface area contributed by atoms with Crippen molar-refractivity contribution >= 4 is 34.5 Å². The summed E-state index contributed by atoms with van der Waals surface area (Å²) in [7, 11) is 1.61. The van der Waals surface area contributed by atoms with E-state index in [2.05, 4.69) is 22.1 Å². The predicted octanol–water partition coefficient (Wildman–Crippen LogP) is 3.29. The number of thioether (sulfide) groups is 1. The zero-order valence-electron chi connectivity index (χ0n) is 15.2. The van der Waals surface area contributed by atoms with Gasteiger partial charge in [0, 0.05) is 24.4 Å². The van der Waals surface area contributed by atoms with E-state index < -0.39 is 11.2 Å². The maximum absolute atomic E-state index is 12.4. The summed E-state index contributed by atoms with van der Waals surface area (Å²) < 4.78 is 3.27. The fraction of sp³-hybridized carbons (Fsp3) is 0.316. The van der Waals surface area contributed by atoms with Gasteiger partial charge in [-0.25, -0.2) is 9.78 Å². The van der Waals surface area contributed by atoms with Crippen molar-refractivity contribution in [3.8, 4) is 0 Å². The fourth-order valence-electron chi connectivity index (χ4n) is 2.85. The third-order valence-corrected chi connectivity index (χ3v) is 5.30. The van der Waals surface area contributed by atoms with E-state index in [1.807, 2.05) is 35.8 Å². The van der Waals surface area contributed by atoms with E-state index in [-0.39, 0.29) is 0 Å². The Balaban J connectivity index is 1.94. The van der Waals surface area contributed by atoms with E-state index in [1.165, 1.54) is 21.9 Å². The Bertz CT molecular complexity index is 1080. The van der Waals surface area contributed by atoms with Gasteiger partial charge in [-0.3, -0.25) is 14.3 Å². The first kappa shape index (κ1) is 19.5. The van der Waals surface area contributed by atoms with Gasteiger partial charge in [0.05, 0.1) is 0 Å². The molecule has 1 aromatic carbocycles. The third kappa shape index (κ3) is 4.54. The second kappa shape index (κ2) is 8.63. The van der Waals surface area contributed by atoms with Gasteiger partial charge in [0.2, 0.25) is 0 Å². The SMILES string of the molecule is C/C(Cl)=C/CSc1nc2c(c(=O)[nH]c(=O)n2C)n1CCCc1ccccc1. The number of nitrogens with zero attached hydrogens (tertiary/aromatic N) is 3. The highest BCUT2D eigenvalue weighted by Crippen LogP contribution is 2.23. The lowest BCUT2D eigenvalue weighted by Gasteiger charge is -2.08. The second-order valence-electron chi connectivity index (χ2n) is 6.23. The first-order chi connectivity index (χ1) is 13.0. The number of aryl methyl sites for hydroxylation is 3. The molecule has 0 bridgehead atoms. The zero-order valence-corrected chi connectivity index (χ0v) is 16.8. The molecule has 2 heterocycles. The Kier molecular flexibility index (Phi) is 6.23. The van der Waals surface area contributed by atoms with Crippen LogP contribution in [0.4, 0.5) is 0 Å². The molecule has 0 spiro atoms. The van der Waals surface area contributed by atoms with Crippen LogP contribution in [0, 0.1) is 0 Å². The smallest absolute Gasteiger partial charge is 0.313 e. The molecule has 1 N–H and O–H groups in total. The number of aromatic nitrogens is 4. The Hall–Kier alpha value is -2.25. The molecule has 6 nitrogen and oxygen atoms in total. The Morgan fingerprint density at radius 3 is 2.74 bits per heavy atom.